The molecule has 1 atom stereocenters. The summed E-state index contributed by atoms with van der Waals surface area (Å²) in [7, 11) is 0. The number of hydrogen-bond donors (Lipinski definition) is 1. The van der Waals surface area contributed by atoms with Gasteiger partial charge < -0.3 is 10.1 Å². The molecule has 0 saturated carbocycles. The van der Waals surface area contributed by atoms with Crippen molar-refractivity contribution in [2.75, 3.05) is 19.8 Å². The quantitative estimate of drug-likeness (QED) is 0.637. The zero-order chi connectivity index (χ0) is 13.9. The van der Waals surface area contributed by atoms with Gasteiger partial charge in [0, 0.05) is 6.61 Å². The number of nitrogens with one attached hydrogen (secondary N) is 1. The van der Waals surface area contributed by atoms with Gasteiger partial charge in [0.2, 0.25) is 0 Å². The predicted molar refractivity (Wildman–Crippen MR) is 82.6 cm³/mol. The first-order chi connectivity index (χ1) is 9.29. The normalized spacial score (nSPS) is 12.6. The van der Waals surface area contributed by atoms with Gasteiger partial charge in [0.05, 0.1) is 12.6 Å². The third-order valence-corrected chi connectivity index (χ3v) is 3.44. The Balaban J connectivity index is 2.39. The van der Waals surface area contributed by atoms with Crippen LogP contribution in [-0.2, 0) is 4.74 Å². The molecule has 19 heavy (non-hydrogen) atoms. The third kappa shape index (κ3) is 6.22. The van der Waals surface area contributed by atoms with Crippen LogP contribution < -0.4 is 5.32 Å². The fourth-order valence-electron chi connectivity index (χ4n) is 2.31. The van der Waals surface area contributed by atoms with Gasteiger partial charge in [-0.25, -0.2) is 0 Å². The van der Waals surface area contributed by atoms with E-state index in [0.717, 1.165) is 19.8 Å². The van der Waals surface area contributed by atoms with Crippen LogP contribution in [0.5, 0.6) is 0 Å². The van der Waals surface area contributed by atoms with Gasteiger partial charge in [-0.15, -0.1) is 0 Å². The average molecular weight is 263 g/mol. The Morgan fingerprint density at radius 1 is 1.11 bits per heavy atom. The van der Waals surface area contributed by atoms with Crippen LogP contribution in [0.25, 0.3) is 0 Å². The second-order valence-corrected chi connectivity index (χ2v) is 5.10. The minimum absolute atomic E-state index is 0.317. The number of likely N-dealkylation sites (N-methyl/N-ethyl adjacent to an activating group) is 1. The van der Waals surface area contributed by atoms with Crippen LogP contribution in [0.3, 0.4) is 0 Å². The Morgan fingerprint density at radius 2 is 1.89 bits per heavy atom. The summed E-state index contributed by atoms with van der Waals surface area (Å²) in [5.41, 5.74) is 2.70. The second kappa shape index (κ2) is 9.99. The monoisotopic (exact) mass is 263 g/mol. The summed E-state index contributed by atoms with van der Waals surface area (Å²) in [6.07, 6.45) is 5.06. The fourth-order valence-corrected chi connectivity index (χ4v) is 2.31. The van der Waals surface area contributed by atoms with Crippen molar-refractivity contribution in [2.24, 2.45) is 0 Å². The minimum Gasteiger partial charge on any atom is -0.379 e. The topological polar surface area (TPSA) is 21.3 Å². The van der Waals surface area contributed by atoms with Crippen molar-refractivity contribution in [1.82, 2.24) is 5.32 Å². The molecule has 0 radical (unpaired) electrons. The van der Waals surface area contributed by atoms with E-state index in [2.05, 4.69) is 50.4 Å². The fraction of sp³-hybridized carbons (Fsp3) is 0.647. The van der Waals surface area contributed by atoms with Gasteiger partial charge in [0.1, 0.15) is 0 Å². The molecule has 0 spiro atoms. The van der Waals surface area contributed by atoms with E-state index >= 15 is 0 Å². The molecule has 1 N–H and O–H groups in total. The Kier molecular flexibility index (Phi) is 8.52. The number of aryl methyl sites for hydroxylation is 1. The molecule has 2 heteroatoms. The molecule has 0 aliphatic rings. The van der Waals surface area contributed by atoms with Crippen LogP contribution in [0.1, 0.15) is 56.7 Å². The molecule has 1 rings (SSSR count). The van der Waals surface area contributed by atoms with E-state index < -0.39 is 0 Å². The molecular formula is C17H29NO. The lowest BCUT2D eigenvalue weighted by Crippen LogP contribution is -2.26. The summed E-state index contributed by atoms with van der Waals surface area (Å²) < 4.78 is 5.84. The smallest absolute Gasteiger partial charge is 0.0661 e. The molecule has 0 saturated heterocycles. The highest BCUT2D eigenvalue weighted by molar-refractivity contribution is 5.28. The summed E-state index contributed by atoms with van der Waals surface area (Å²) in [6.45, 7) is 9.17. The zero-order valence-electron chi connectivity index (χ0n) is 12.7. The molecule has 0 aromatic heterocycles. The second-order valence-electron chi connectivity index (χ2n) is 5.10. The zero-order valence-corrected chi connectivity index (χ0v) is 12.7. The molecule has 0 aliphatic heterocycles. The van der Waals surface area contributed by atoms with E-state index in [-0.39, 0.29) is 0 Å². The number of unbranched alkanes of at least 4 members (excludes halogenated alkanes) is 3. The van der Waals surface area contributed by atoms with Crippen LogP contribution in [0.2, 0.25) is 0 Å². The highest BCUT2D eigenvalue weighted by Gasteiger charge is 2.12. The summed E-state index contributed by atoms with van der Waals surface area (Å²) in [6, 6.07) is 8.88. The maximum Gasteiger partial charge on any atom is 0.0661 e. The largest absolute Gasteiger partial charge is 0.379 e. The van der Waals surface area contributed by atoms with E-state index in [1.165, 1.54) is 36.8 Å². The summed E-state index contributed by atoms with van der Waals surface area (Å²) >= 11 is 0. The standard InChI is InChI=1S/C17H29NO/c1-4-6-7-10-13-19-14-17(18-5-2)16-12-9-8-11-15(16)3/h8-9,11-12,17-18H,4-7,10,13-14H2,1-3H3. The molecule has 108 valence electrons. The first-order valence-electron chi connectivity index (χ1n) is 7.66. The van der Waals surface area contributed by atoms with Crippen LogP contribution in [0.4, 0.5) is 0 Å². The van der Waals surface area contributed by atoms with E-state index in [4.69, 9.17) is 4.74 Å². The first-order valence-corrected chi connectivity index (χ1v) is 7.66. The Bertz CT molecular complexity index is 338. The molecule has 0 fully saturated rings. The Labute approximate surface area is 118 Å². The molecule has 1 aromatic rings. The Morgan fingerprint density at radius 3 is 2.58 bits per heavy atom. The lowest BCUT2D eigenvalue weighted by Gasteiger charge is -2.20. The van der Waals surface area contributed by atoms with Gasteiger partial charge in [0.15, 0.2) is 0 Å². The molecule has 2 nitrogen and oxygen atoms in total. The summed E-state index contributed by atoms with van der Waals surface area (Å²) in [4.78, 5) is 0. The minimum atomic E-state index is 0.317. The van der Waals surface area contributed by atoms with Crippen molar-refractivity contribution in [2.45, 2.75) is 52.5 Å². The van der Waals surface area contributed by atoms with Gasteiger partial charge in [-0.3, -0.25) is 0 Å². The maximum absolute atomic E-state index is 5.84. The van der Waals surface area contributed by atoms with Crippen molar-refractivity contribution >= 4 is 0 Å². The van der Waals surface area contributed by atoms with E-state index in [0.29, 0.717) is 6.04 Å². The highest BCUT2D eigenvalue weighted by atomic mass is 16.5. The van der Waals surface area contributed by atoms with Gasteiger partial charge in [0.25, 0.3) is 0 Å². The van der Waals surface area contributed by atoms with Crippen LogP contribution in [0.15, 0.2) is 24.3 Å². The summed E-state index contributed by atoms with van der Waals surface area (Å²) in [5.74, 6) is 0. The van der Waals surface area contributed by atoms with Gasteiger partial charge in [-0.1, -0.05) is 57.4 Å². The SMILES string of the molecule is CCCCCCOCC(NCC)c1ccccc1C. The van der Waals surface area contributed by atoms with Crippen molar-refractivity contribution in [3.05, 3.63) is 35.4 Å². The third-order valence-electron chi connectivity index (χ3n) is 3.44. The van der Waals surface area contributed by atoms with E-state index in [1.54, 1.807) is 0 Å². The molecular weight excluding hydrogens is 234 g/mol. The van der Waals surface area contributed by atoms with Crippen LogP contribution in [0, 0.1) is 6.92 Å². The molecule has 0 bridgehead atoms. The number of rotatable bonds is 10. The molecule has 1 unspecified atom stereocenters. The van der Waals surface area contributed by atoms with Crippen molar-refractivity contribution < 1.29 is 4.74 Å². The average Bonchev–Trinajstić information content (AvgIpc) is 2.42. The number of benzene rings is 1. The summed E-state index contributed by atoms with van der Waals surface area (Å²) in [5, 5.41) is 3.52. The molecule has 0 amide bonds. The van der Waals surface area contributed by atoms with Crippen molar-refractivity contribution in [3.8, 4) is 0 Å². The van der Waals surface area contributed by atoms with E-state index in [9.17, 15) is 0 Å². The van der Waals surface area contributed by atoms with Crippen LogP contribution >= 0.6 is 0 Å². The van der Waals surface area contributed by atoms with E-state index in [1.807, 2.05) is 0 Å². The highest BCUT2D eigenvalue weighted by Crippen LogP contribution is 2.17. The predicted octanol–water partition coefficient (Wildman–Crippen LogP) is 4.24. The first kappa shape index (κ1) is 16.2. The van der Waals surface area contributed by atoms with Gasteiger partial charge >= 0.3 is 0 Å². The van der Waals surface area contributed by atoms with Crippen LogP contribution in [-0.4, -0.2) is 19.8 Å². The number of ether oxygens (including phenoxy) is 1. The molecule has 1 aromatic carbocycles. The maximum atomic E-state index is 5.84. The lowest BCUT2D eigenvalue weighted by molar-refractivity contribution is 0.108. The van der Waals surface area contributed by atoms with Gasteiger partial charge in [-0.2, -0.15) is 0 Å². The van der Waals surface area contributed by atoms with Gasteiger partial charge in [-0.05, 0) is 31.0 Å². The molecule has 0 aliphatic carbocycles. The molecule has 0 heterocycles. The number of hydrogen-bond acceptors (Lipinski definition) is 2. The Hall–Kier alpha value is -0.860. The van der Waals surface area contributed by atoms with Crippen molar-refractivity contribution in [3.63, 3.8) is 0 Å². The lowest BCUT2D eigenvalue weighted by atomic mass is 10.0. The van der Waals surface area contributed by atoms with Crippen molar-refractivity contribution in [1.29, 1.82) is 0 Å².